The van der Waals surface area contributed by atoms with Gasteiger partial charge in [-0.15, -0.1) is 0 Å². The molecule has 9 nitrogen and oxygen atoms in total. The molecule has 10 heteroatoms. The van der Waals surface area contributed by atoms with Crippen molar-refractivity contribution in [1.29, 1.82) is 0 Å². The number of carbonyl (C=O) groups excluding carboxylic acids is 2. The van der Waals surface area contributed by atoms with Crippen LogP contribution in [-0.4, -0.2) is 53.6 Å². The number of benzene rings is 1. The van der Waals surface area contributed by atoms with Crippen LogP contribution in [0.5, 0.6) is 5.75 Å². The first kappa shape index (κ1) is 21.2. The summed E-state index contributed by atoms with van der Waals surface area (Å²) in [5.41, 5.74) is 0.674. The summed E-state index contributed by atoms with van der Waals surface area (Å²) in [5.74, 6) is 0.536. The molecule has 2 heterocycles. The summed E-state index contributed by atoms with van der Waals surface area (Å²) >= 11 is 0. The molecule has 0 unspecified atom stereocenters. The fraction of sp³-hybridized carbons (Fsp3) is 0.429. The van der Waals surface area contributed by atoms with Crippen LogP contribution in [0.2, 0.25) is 0 Å². The van der Waals surface area contributed by atoms with Gasteiger partial charge < -0.3 is 9.64 Å². The van der Waals surface area contributed by atoms with Gasteiger partial charge in [-0.1, -0.05) is 6.07 Å². The number of hydrogen-bond acceptors (Lipinski definition) is 7. The van der Waals surface area contributed by atoms with Crippen molar-refractivity contribution in [3.63, 3.8) is 0 Å². The molecule has 1 saturated carbocycles. The predicted molar refractivity (Wildman–Crippen MR) is 111 cm³/mol. The van der Waals surface area contributed by atoms with E-state index in [1.165, 1.54) is 4.90 Å². The molecule has 1 saturated heterocycles. The van der Waals surface area contributed by atoms with Crippen LogP contribution in [0, 0.1) is 0 Å². The van der Waals surface area contributed by atoms with E-state index in [9.17, 15) is 18.0 Å². The number of imide groups is 1. The highest BCUT2D eigenvalue weighted by molar-refractivity contribution is 7.91. The second kappa shape index (κ2) is 9.01. The minimum Gasteiger partial charge on any atom is -0.490 e. The smallest absolute Gasteiger partial charge is 0.324 e. The molecular weight excluding hydrogens is 420 g/mol. The van der Waals surface area contributed by atoms with Gasteiger partial charge in [-0.3, -0.25) is 10.1 Å². The van der Waals surface area contributed by atoms with E-state index < -0.39 is 15.9 Å². The minimum atomic E-state index is -3.49. The lowest BCUT2D eigenvalue weighted by Gasteiger charge is -2.14. The molecular formula is C21H24N4O5S. The lowest BCUT2D eigenvalue weighted by molar-refractivity contribution is -0.118. The zero-order valence-corrected chi connectivity index (χ0v) is 17.8. The van der Waals surface area contributed by atoms with Gasteiger partial charge in [0.2, 0.25) is 5.91 Å². The number of amides is 3. The first-order valence-electron chi connectivity index (χ1n) is 10.3. The Hall–Kier alpha value is -3.01. The average molecular weight is 445 g/mol. The van der Waals surface area contributed by atoms with E-state index in [1.807, 2.05) is 0 Å². The third kappa shape index (κ3) is 5.38. The lowest BCUT2D eigenvalue weighted by Crippen LogP contribution is -2.28. The maximum absolute atomic E-state index is 12.8. The zero-order valence-electron chi connectivity index (χ0n) is 17.0. The van der Waals surface area contributed by atoms with Crippen molar-refractivity contribution in [1.82, 2.24) is 20.2 Å². The minimum absolute atomic E-state index is 0.0221. The second-order valence-corrected chi connectivity index (χ2v) is 9.89. The molecule has 0 radical (unpaired) electrons. The molecule has 0 bridgehead atoms. The van der Waals surface area contributed by atoms with Crippen LogP contribution in [0.4, 0.5) is 4.79 Å². The topological polar surface area (TPSA) is 119 Å². The summed E-state index contributed by atoms with van der Waals surface area (Å²) in [6.07, 6.45) is 7.83. The van der Waals surface area contributed by atoms with Crippen LogP contribution < -0.4 is 10.1 Å². The van der Waals surface area contributed by atoms with E-state index in [0.29, 0.717) is 17.1 Å². The highest BCUT2D eigenvalue weighted by Gasteiger charge is 2.27. The quantitative estimate of drug-likeness (QED) is 0.617. The molecule has 2 fully saturated rings. The van der Waals surface area contributed by atoms with Crippen molar-refractivity contribution in [3.05, 3.63) is 48.0 Å². The normalized spacial score (nSPS) is 17.2. The van der Waals surface area contributed by atoms with Gasteiger partial charge in [-0.05, 0) is 55.9 Å². The van der Waals surface area contributed by atoms with E-state index in [4.69, 9.17) is 4.74 Å². The number of nitrogens with one attached hydrogen (secondary N) is 1. The van der Waals surface area contributed by atoms with Gasteiger partial charge in [0.05, 0.1) is 23.3 Å². The van der Waals surface area contributed by atoms with Crippen LogP contribution in [0.25, 0.3) is 0 Å². The fourth-order valence-corrected chi connectivity index (χ4v) is 5.01. The summed E-state index contributed by atoms with van der Waals surface area (Å²) in [6, 6.07) is 6.20. The number of hydrogen-bond donors (Lipinski definition) is 1. The number of urea groups is 1. The van der Waals surface area contributed by atoms with Gasteiger partial charge in [0.15, 0.2) is 9.84 Å². The maximum atomic E-state index is 12.8. The largest absolute Gasteiger partial charge is 0.490 e. The number of sulfone groups is 1. The van der Waals surface area contributed by atoms with E-state index in [-0.39, 0.29) is 42.2 Å². The van der Waals surface area contributed by atoms with E-state index in [0.717, 1.165) is 25.7 Å². The molecule has 31 heavy (non-hydrogen) atoms. The Kier molecular flexibility index (Phi) is 6.17. The maximum Gasteiger partial charge on any atom is 0.324 e. The van der Waals surface area contributed by atoms with Crippen LogP contribution in [0.3, 0.4) is 0 Å². The Labute approximate surface area is 180 Å². The third-order valence-electron chi connectivity index (χ3n) is 5.39. The van der Waals surface area contributed by atoms with Crippen molar-refractivity contribution < 1.29 is 22.7 Å². The van der Waals surface area contributed by atoms with Crippen molar-refractivity contribution in [2.45, 2.75) is 49.6 Å². The molecule has 1 N–H and O–H groups in total. The highest BCUT2D eigenvalue weighted by Crippen LogP contribution is 2.26. The Morgan fingerprint density at radius 1 is 1.13 bits per heavy atom. The third-order valence-corrected chi connectivity index (χ3v) is 7.10. The molecule has 1 aromatic heterocycles. The van der Waals surface area contributed by atoms with Crippen LogP contribution in [0.1, 0.15) is 37.1 Å². The second-order valence-electron chi connectivity index (χ2n) is 7.78. The molecule has 1 aromatic carbocycles. The summed E-state index contributed by atoms with van der Waals surface area (Å²) in [6.45, 7) is 0.0929. The Balaban J connectivity index is 1.34. The Morgan fingerprint density at radius 2 is 1.87 bits per heavy atom. The number of nitrogens with zero attached hydrogens (tertiary/aromatic N) is 3. The molecule has 0 atom stereocenters. The van der Waals surface area contributed by atoms with Gasteiger partial charge in [-0.2, -0.15) is 0 Å². The van der Waals surface area contributed by atoms with E-state index in [1.54, 1.807) is 36.7 Å². The van der Waals surface area contributed by atoms with Crippen LogP contribution in [0.15, 0.2) is 41.6 Å². The summed E-state index contributed by atoms with van der Waals surface area (Å²) in [7, 11) is -3.49. The standard InChI is InChI=1S/C21H24N4O5S/c26-20-14-25(21(27)24-20)13-19-22-11-15(12-23-19)8-9-31(28,29)18-7-3-6-17(10-18)30-16-4-1-2-5-16/h3,6-7,10-12,16H,1-2,4-5,8-9,13-14H2,(H,24,26,27). The molecule has 2 aromatic rings. The Bertz CT molecular complexity index is 1070. The SMILES string of the molecule is O=C1CN(Cc2ncc(CCS(=O)(=O)c3cccc(OC4CCCC4)c3)cn2)C(=O)N1. The predicted octanol–water partition coefficient (Wildman–Crippen LogP) is 1.87. The van der Waals surface area contributed by atoms with Crippen molar-refractivity contribution in [3.8, 4) is 5.75 Å². The van der Waals surface area contributed by atoms with Crippen molar-refractivity contribution >= 4 is 21.8 Å². The molecule has 1 aliphatic heterocycles. The first-order valence-corrected chi connectivity index (χ1v) is 11.9. The van der Waals surface area contributed by atoms with Gasteiger partial charge in [0.25, 0.3) is 0 Å². The number of rotatable bonds is 8. The number of ether oxygens (including phenoxy) is 1. The molecule has 0 spiro atoms. The van der Waals surface area contributed by atoms with Gasteiger partial charge >= 0.3 is 6.03 Å². The van der Waals surface area contributed by atoms with Crippen LogP contribution in [-0.2, 0) is 27.6 Å². The molecule has 4 rings (SSSR count). The van der Waals surface area contributed by atoms with E-state index in [2.05, 4.69) is 15.3 Å². The highest BCUT2D eigenvalue weighted by atomic mass is 32.2. The number of aromatic nitrogens is 2. The fourth-order valence-electron chi connectivity index (χ4n) is 3.68. The first-order chi connectivity index (χ1) is 14.9. The monoisotopic (exact) mass is 444 g/mol. The molecule has 3 amide bonds. The summed E-state index contributed by atoms with van der Waals surface area (Å²) < 4.78 is 31.5. The van der Waals surface area contributed by atoms with Gasteiger partial charge in [0, 0.05) is 12.4 Å². The Morgan fingerprint density at radius 3 is 2.55 bits per heavy atom. The zero-order chi connectivity index (χ0) is 21.8. The van der Waals surface area contributed by atoms with E-state index >= 15 is 0 Å². The molecule has 164 valence electrons. The summed E-state index contributed by atoms with van der Waals surface area (Å²) in [5, 5.41) is 2.19. The summed E-state index contributed by atoms with van der Waals surface area (Å²) in [4.78, 5) is 32.7. The van der Waals surface area contributed by atoms with Crippen LogP contribution >= 0.6 is 0 Å². The van der Waals surface area contributed by atoms with Crippen molar-refractivity contribution in [2.75, 3.05) is 12.3 Å². The number of carbonyl (C=O) groups is 2. The molecule has 1 aliphatic carbocycles. The number of aryl methyl sites for hydroxylation is 1. The van der Waals surface area contributed by atoms with Crippen molar-refractivity contribution in [2.24, 2.45) is 0 Å². The average Bonchev–Trinajstić information content (AvgIpc) is 3.37. The lowest BCUT2D eigenvalue weighted by atomic mass is 10.3. The molecule has 2 aliphatic rings. The van der Waals surface area contributed by atoms with Gasteiger partial charge in [-0.25, -0.2) is 23.2 Å². The van der Waals surface area contributed by atoms with Gasteiger partial charge in [0.1, 0.15) is 18.1 Å².